The van der Waals surface area contributed by atoms with Crippen molar-refractivity contribution in [2.45, 2.75) is 38.3 Å². The summed E-state index contributed by atoms with van der Waals surface area (Å²) in [4.78, 5) is 17.9. The van der Waals surface area contributed by atoms with E-state index in [1.165, 1.54) is 30.4 Å². The standard InChI is InChI=1S/C33H39N7O2S/c1-41-30-20-28-29(21-31(30)42-19-11-27-4-2-3-12-35-27)37-23-38-32(28)39-15-17-40(18-16-39)33(43)36-22-24-5-7-25(8-6-24)26-9-13-34-14-10-26/h5-10,13-14,20-21,23,27,35H,2-4,11-12,15-19,22H2,1H3,(H,36,43). The molecule has 2 saturated heterocycles. The maximum atomic E-state index is 6.18. The zero-order valence-electron chi connectivity index (χ0n) is 24.7. The normalized spacial score (nSPS) is 17.1. The van der Waals surface area contributed by atoms with Crippen LogP contribution < -0.4 is 25.0 Å². The lowest BCUT2D eigenvalue weighted by atomic mass is 10.0. The highest BCUT2D eigenvalue weighted by atomic mass is 32.1. The molecule has 224 valence electrons. The van der Waals surface area contributed by atoms with E-state index in [1.807, 2.05) is 36.7 Å². The number of fused-ring (bicyclic) bond motifs is 1. The van der Waals surface area contributed by atoms with Gasteiger partial charge in [0.2, 0.25) is 0 Å². The van der Waals surface area contributed by atoms with Crippen LogP contribution in [-0.4, -0.2) is 77.4 Å². The van der Waals surface area contributed by atoms with Crippen molar-refractivity contribution in [2.24, 2.45) is 0 Å². The highest BCUT2D eigenvalue weighted by molar-refractivity contribution is 7.80. The van der Waals surface area contributed by atoms with Crippen molar-refractivity contribution in [3.05, 3.63) is 72.8 Å². The maximum Gasteiger partial charge on any atom is 0.169 e. The minimum absolute atomic E-state index is 0.528. The second kappa shape index (κ2) is 14.0. The molecule has 0 saturated carbocycles. The summed E-state index contributed by atoms with van der Waals surface area (Å²) in [6.45, 7) is 5.67. The lowest BCUT2D eigenvalue weighted by Gasteiger charge is -2.37. The van der Waals surface area contributed by atoms with Crippen LogP contribution in [0.15, 0.2) is 67.3 Å². The minimum Gasteiger partial charge on any atom is -0.493 e. The first-order chi connectivity index (χ1) is 21.2. The first kappa shape index (κ1) is 29.1. The predicted octanol–water partition coefficient (Wildman–Crippen LogP) is 4.81. The molecule has 2 aliphatic rings. The Morgan fingerprint density at radius 1 is 0.977 bits per heavy atom. The first-order valence-electron chi connectivity index (χ1n) is 15.1. The Morgan fingerprint density at radius 2 is 1.77 bits per heavy atom. The summed E-state index contributed by atoms with van der Waals surface area (Å²) in [5.41, 5.74) is 4.38. The van der Waals surface area contributed by atoms with Crippen LogP contribution in [-0.2, 0) is 6.54 Å². The lowest BCUT2D eigenvalue weighted by molar-refractivity contribution is 0.257. The molecule has 0 radical (unpaired) electrons. The van der Waals surface area contributed by atoms with Crippen molar-refractivity contribution in [3.8, 4) is 22.6 Å². The predicted molar refractivity (Wildman–Crippen MR) is 175 cm³/mol. The topological polar surface area (TPSA) is 87.7 Å². The monoisotopic (exact) mass is 597 g/mol. The molecule has 0 spiro atoms. The number of anilines is 1. The summed E-state index contributed by atoms with van der Waals surface area (Å²) in [6, 6.07) is 17.1. The number of pyridine rings is 1. The number of rotatable bonds is 9. The van der Waals surface area contributed by atoms with E-state index in [-0.39, 0.29) is 0 Å². The number of nitrogens with zero attached hydrogens (tertiary/aromatic N) is 5. The molecule has 2 N–H and O–H groups in total. The van der Waals surface area contributed by atoms with Gasteiger partial charge in [-0.2, -0.15) is 0 Å². The molecule has 2 fully saturated rings. The zero-order valence-corrected chi connectivity index (χ0v) is 25.5. The van der Waals surface area contributed by atoms with E-state index in [9.17, 15) is 0 Å². The van der Waals surface area contributed by atoms with E-state index >= 15 is 0 Å². The summed E-state index contributed by atoms with van der Waals surface area (Å²) in [5.74, 6) is 2.34. The van der Waals surface area contributed by atoms with Gasteiger partial charge in [-0.15, -0.1) is 0 Å². The summed E-state index contributed by atoms with van der Waals surface area (Å²) in [7, 11) is 1.68. The highest BCUT2D eigenvalue weighted by Crippen LogP contribution is 2.35. The van der Waals surface area contributed by atoms with Gasteiger partial charge in [-0.1, -0.05) is 30.7 Å². The van der Waals surface area contributed by atoms with Crippen LogP contribution in [0.2, 0.25) is 0 Å². The molecule has 0 amide bonds. The average Bonchev–Trinajstić information content (AvgIpc) is 3.08. The van der Waals surface area contributed by atoms with Gasteiger partial charge in [0.05, 0.1) is 19.2 Å². The van der Waals surface area contributed by atoms with Gasteiger partial charge in [0.15, 0.2) is 16.6 Å². The molecule has 1 unspecified atom stereocenters. The Hall–Kier alpha value is -4.02. The van der Waals surface area contributed by atoms with Gasteiger partial charge in [0.25, 0.3) is 0 Å². The summed E-state index contributed by atoms with van der Waals surface area (Å²) in [5, 5.41) is 8.76. The smallest absolute Gasteiger partial charge is 0.169 e. The second-order valence-electron chi connectivity index (χ2n) is 11.1. The molecule has 0 bridgehead atoms. The Bertz CT molecular complexity index is 1510. The summed E-state index contributed by atoms with van der Waals surface area (Å²) < 4.78 is 11.9. The molecule has 6 rings (SSSR count). The number of piperazine rings is 1. The van der Waals surface area contributed by atoms with Gasteiger partial charge in [0.1, 0.15) is 12.1 Å². The average molecular weight is 598 g/mol. The number of thiocarbonyl (C=S) groups is 1. The van der Waals surface area contributed by atoms with Crippen molar-refractivity contribution in [2.75, 3.05) is 51.3 Å². The van der Waals surface area contributed by atoms with Crippen LogP contribution >= 0.6 is 12.2 Å². The molecule has 2 aromatic heterocycles. The molecule has 10 heteroatoms. The van der Waals surface area contributed by atoms with Crippen LogP contribution in [0.25, 0.3) is 22.0 Å². The van der Waals surface area contributed by atoms with E-state index in [0.29, 0.717) is 24.9 Å². The van der Waals surface area contributed by atoms with E-state index < -0.39 is 0 Å². The van der Waals surface area contributed by atoms with Gasteiger partial charge in [-0.05, 0) is 72.9 Å². The van der Waals surface area contributed by atoms with Crippen molar-refractivity contribution < 1.29 is 9.47 Å². The third-order valence-electron chi connectivity index (χ3n) is 8.31. The third-order valence-corrected chi connectivity index (χ3v) is 8.72. The molecular formula is C33H39N7O2S. The van der Waals surface area contributed by atoms with E-state index in [4.69, 9.17) is 21.7 Å². The quantitative estimate of drug-likeness (QED) is 0.262. The number of hydrogen-bond acceptors (Lipinski definition) is 8. The van der Waals surface area contributed by atoms with Gasteiger partial charge in [0, 0.05) is 62.6 Å². The van der Waals surface area contributed by atoms with Crippen molar-refractivity contribution in [1.29, 1.82) is 0 Å². The minimum atomic E-state index is 0.528. The fourth-order valence-electron chi connectivity index (χ4n) is 5.83. The number of aromatic nitrogens is 3. The van der Waals surface area contributed by atoms with Gasteiger partial charge < -0.3 is 29.9 Å². The lowest BCUT2D eigenvalue weighted by Crippen LogP contribution is -2.51. The fourth-order valence-corrected chi connectivity index (χ4v) is 6.08. The summed E-state index contributed by atoms with van der Waals surface area (Å²) >= 11 is 5.76. The number of methoxy groups -OCH3 is 1. The largest absolute Gasteiger partial charge is 0.493 e. The first-order valence-corrected chi connectivity index (χ1v) is 15.5. The summed E-state index contributed by atoms with van der Waals surface area (Å²) in [6.07, 6.45) is 10.0. The van der Waals surface area contributed by atoms with Crippen LogP contribution in [0.1, 0.15) is 31.2 Å². The van der Waals surface area contributed by atoms with Gasteiger partial charge in [-0.3, -0.25) is 4.98 Å². The van der Waals surface area contributed by atoms with E-state index in [2.05, 4.69) is 59.7 Å². The fraction of sp³-hybridized carbons (Fsp3) is 0.394. The molecule has 2 aliphatic heterocycles. The number of piperidine rings is 1. The second-order valence-corrected chi connectivity index (χ2v) is 11.5. The highest BCUT2D eigenvalue weighted by Gasteiger charge is 2.23. The van der Waals surface area contributed by atoms with Crippen molar-refractivity contribution in [3.63, 3.8) is 0 Å². The molecular weight excluding hydrogens is 558 g/mol. The van der Waals surface area contributed by atoms with Crippen LogP contribution in [0.4, 0.5) is 5.82 Å². The van der Waals surface area contributed by atoms with Crippen LogP contribution in [0.3, 0.4) is 0 Å². The van der Waals surface area contributed by atoms with Crippen LogP contribution in [0, 0.1) is 0 Å². The molecule has 4 aromatic rings. The number of nitrogens with one attached hydrogen (secondary N) is 2. The molecule has 2 aromatic carbocycles. The molecule has 1 atom stereocenters. The molecule has 43 heavy (non-hydrogen) atoms. The number of hydrogen-bond donors (Lipinski definition) is 2. The van der Waals surface area contributed by atoms with Gasteiger partial charge in [-0.25, -0.2) is 9.97 Å². The van der Waals surface area contributed by atoms with Crippen LogP contribution in [0.5, 0.6) is 11.5 Å². The number of ether oxygens (including phenoxy) is 2. The van der Waals surface area contributed by atoms with Gasteiger partial charge >= 0.3 is 0 Å². The SMILES string of the molecule is COc1cc2c(N3CCN(C(=S)NCc4ccc(-c5ccncc5)cc4)CC3)ncnc2cc1OCCC1CCCCN1. The molecule has 9 nitrogen and oxygen atoms in total. The molecule has 0 aliphatic carbocycles. The van der Waals surface area contributed by atoms with E-state index in [0.717, 1.165) is 72.3 Å². The van der Waals surface area contributed by atoms with Crippen molar-refractivity contribution in [1.82, 2.24) is 30.5 Å². The van der Waals surface area contributed by atoms with Crippen molar-refractivity contribution >= 4 is 34.1 Å². The maximum absolute atomic E-state index is 6.18. The Balaban J connectivity index is 1.04. The van der Waals surface area contributed by atoms with E-state index in [1.54, 1.807) is 13.4 Å². The molecule has 4 heterocycles. The Kier molecular flexibility index (Phi) is 9.44. The zero-order chi connectivity index (χ0) is 29.4. The Morgan fingerprint density at radius 3 is 2.51 bits per heavy atom. The third kappa shape index (κ3) is 7.14. The number of benzene rings is 2. The Labute approximate surface area is 258 Å².